The number of carbonyl (C=O) groups excluding carboxylic acids is 2. The average molecular weight is 384 g/mol. The van der Waals surface area contributed by atoms with Crippen LogP contribution in [0.4, 0.5) is 0 Å². The summed E-state index contributed by atoms with van der Waals surface area (Å²) in [5, 5.41) is 2.06. The molecule has 5 nitrogen and oxygen atoms in total. The summed E-state index contributed by atoms with van der Waals surface area (Å²) in [6, 6.07) is 7.47. The molecule has 0 bridgehead atoms. The molecule has 1 aliphatic carbocycles. The number of rotatable bonds is 5. The Balaban J connectivity index is 1.62. The molecule has 2 aromatic rings. The molecule has 4 rings (SSSR count). The Morgan fingerprint density at radius 3 is 2.37 bits per heavy atom. The van der Waals surface area contributed by atoms with Crippen LogP contribution < -0.4 is 4.80 Å². The first-order valence-electron chi connectivity index (χ1n) is 9.85. The zero-order valence-electron chi connectivity index (χ0n) is 15.7. The molecule has 2 heterocycles. The van der Waals surface area contributed by atoms with Gasteiger partial charge in [-0.15, -0.1) is 11.3 Å². The molecule has 27 heavy (non-hydrogen) atoms. The van der Waals surface area contributed by atoms with Gasteiger partial charge in [-0.25, -0.2) is 0 Å². The first-order chi connectivity index (χ1) is 13.2. The largest absolute Gasteiger partial charge is 0.319 e. The van der Waals surface area contributed by atoms with Crippen LogP contribution in [0.2, 0.25) is 0 Å². The van der Waals surface area contributed by atoms with Gasteiger partial charge in [0.1, 0.15) is 0 Å². The van der Waals surface area contributed by atoms with Crippen molar-refractivity contribution in [3.63, 3.8) is 0 Å². The van der Waals surface area contributed by atoms with Crippen LogP contribution in [-0.4, -0.2) is 27.3 Å². The van der Waals surface area contributed by atoms with E-state index < -0.39 is 0 Å². The fraction of sp³-hybridized carbons (Fsp3) is 0.476. The van der Waals surface area contributed by atoms with Crippen LogP contribution in [0.25, 0.3) is 0 Å². The number of hydrogen-bond donors (Lipinski definition) is 0. The van der Waals surface area contributed by atoms with Crippen molar-refractivity contribution in [3.05, 3.63) is 51.3 Å². The highest BCUT2D eigenvalue weighted by molar-refractivity contribution is 7.07. The van der Waals surface area contributed by atoms with E-state index in [0.717, 1.165) is 36.3 Å². The van der Waals surface area contributed by atoms with Gasteiger partial charge in [0.15, 0.2) is 4.80 Å². The van der Waals surface area contributed by atoms with Crippen molar-refractivity contribution in [1.29, 1.82) is 0 Å². The zero-order valence-corrected chi connectivity index (χ0v) is 16.5. The number of hydrogen-bond acceptors (Lipinski definition) is 4. The lowest BCUT2D eigenvalue weighted by Gasteiger charge is -2.18. The topological polar surface area (TPSA) is 54.7 Å². The third-order valence-electron chi connectivity index (χ3n) is 5.39. The van der Waals surface area contributed by atoms with E-state index in [2.05, 4.69) is 16.9 Å². The number of carbonyl (C=O) groups is 2. The SMILES string of the molecule is CCCn1c(CN2C(=O)c3ccccc3C2=O)csc1=NC1CCCCC1. The summed E-state index contributed by atoms with van der Waals surface area (Å²) in [5.41, 5.74) is 2.00. The second-order valence-corrected chi connectivity index (χ2v) is 8.16. The van der Waals surface area contributed by atoms with Gasteiger partial charge in [-0.1, -0.05) is 38.3 Å². The van der Waals surface area contributed by atoms with Gasteiger partial charge >= 0.3 is 0 Å². The van der Waals surface area contributed by atoms with E-state index in [1.54, 1.807) is 35.6 Å². The van der Waals surface area contributed by atoms with Gasteiger partial charge in [-0.2, -0.15) is 0 Å². The molecule has 0 saturated heterocycles. The van der Waals surface area contributed by atoms with Crippen molar-refractivity contribution in [2.75, 3.05) is 0 Å². The number of fused-ring (bicyclic) bond motifs is 1. The van der Waals surface area contributed by atoms with Gasteiger partial charge in [0.25, 0.3) is 11.8 Å². The molecule has 1 aromatic heterocycles. The maximum absolute atomic E-state index is 12.7. The molecular formula is C21H25N3O2S. The van der Waals surface area contributed by atoms with E-state index in [9.17, 15) is 9.59 Å². The van der Waals surface area contributed by atoms with Crippen molar-refractivity contribution in [3.8, 4) is 0 Å². The molecule has 0 N–H and O–H groups in total. The molecule has 6 heteroatoms. The molecule has 2 amide bonds. The molecule has 1 saturated carbocycles. The number of benzene rings is 1. The summed E-state index contributed by atoms with van der Waals surface area (Å²) < 4.78 is 2.20. The van der Waals surface area contributed by atoms with E-state index in [1.807, 2.05) is 0 Å². The summed E-state index contributed by atoms with van der Waals surface area (Å²) in [4.78, 5) is 32.8. The van der Waals surface area contributed by atoms with Gasteiger partial charge in [0.2, 0.25) is 0 Å². The maximum Gasteiger partial charge on any atom is 0.261 e. The molecule has 0 atom stereocenters. The van der Waals surface area contributed by atoms with E-state index in [4.69, 9.17) is 4.99 Å². The predicted molar refractivity (Wildman–Crippen MR) is 106 cm³/mol. The molecule has 1 fully saturated rings. The summed E-state index contributed by atoms with van der Waals surface area (Å²) in [6.45, 7) is 3.30. The Labute approximate surface area is 163 Å². The molecular weight excluding hydrogens is 358 g/mol. The second kappa shape index (κ2) is 7.80. The molecule has 142 valence electrons. The number of imide groups is 1. The first kappa shape index (κ1) is 18.2. The molecule has 2 aliphatic rings. The fourth-order valence-electron chi connectivity index (χ4n) is 3.97. The summed E-state index contributed by atoms with van der Waals surface area (Å²) in [6.07, 6.45) is 7.15. The molecule has 1 aliphatic heterocycles. The van der Waals surface area contributed by atoms with E-state index in [0.29, 0.717) is 23.7 Å². The Morgan fingerprint density at radius 1 is 1.07 bits per heavy atom. The van der Waals surface area contributed by atoms with Crippen LogP contribution in [0.15, 0.2) is 34.6 Å². The van der Waals surface area contributed by atoms with Crippen molar-refractivity contribution >= 4 is 23.2 Å². The minimum absolute atomic E-state index is 0.199. The molecule has 1 aromatic carbocycles. The lowest BCUT2D eigenvalue weighted by Crippen LogP contribution is -2.31. The van der Waals surface area contributed by atoms with Gasteiger partial charge in [-0.05, 0) is 31.4 Å². The highest BCUT2D eigenvalue weighted by Crippen LogP contribution is 2.25. The zero-order chi connectivity index (χ0) is 18.8. The second-order valence-electron chi connectivity index (χ2n) is 7.32. The molecule has 0 unspecified atom stereocenters. The van der Waals surface area contributed by atoms with Crippen molar-refractivity contribution in [2.45, 2.75) is 64.6 Å². The van der Waals surface area contributed by atoms with Gasteiger partial charge in [0, 0.05) is 11.9 Å². The highest BCUT2D eigenvalue weighted by Gasteiger charge is 2.35. The number of amides is 2. The van der Waals surface area contributed by atoms with Gasteiger partial charge < -0.3 is 4.57 Å². The monoisotopic (exact) mass is 383 g/mol. The van der Waals surface area contributed by atoms with Crippen LogP contribution in [0.5, 0.6) is 0 Å². The van der Waals surface area contributed by atoms with Crippen molar-refractivity contribution < 1.29 is 9.59 Å². The van der Waals surface area contributed by atoms with Crippen LogP contribution in [0.3, 0.4) is 0 Å². The predicted octanol–water partition coefficient (Wildman–Crippen LogP) is 3.99. The minimum atomic E-state index is -0.199. The van der Waals surface area contributed by atoms with Crippen molar-refractivity contribution in [2.24, 2.45) is 4.99 Å². The average Bonchev–Trinajstić information content (AvgIpc) is 3.18. The third-order valence-corrected chi connectivity index (χ3v) is 6.32. The number of thiazole rings is 1. The smallest absolute Gasteiger partial charge is 0.261 e. The normalized spacial score (nSPS) is 18.4. The van der Waals surface area contributed by atoms with Crippen molar-refractivity contribution in [1.82, 2.24) is 9.47 Å². The lowest BCUT2D eigenvalue weighted by atomic mass is 9.96. The summed E-state index contributed by atoms with van der Waals surface area (Å²) >= 11 is 1.63. The van der Waals surface area contributed by atoms with E-state index in [1.165, 1.54) is 24.2 Å². The van der Waals surface area contributed by atoms with Crippen LogP contribution in [0.1, 0.15) is 71.9 Å². The summed E-state index contributed by atoms with van der Waals surface area (Å²) in [5.74, 6) is -0.397. The van der Waals surface area contributed by atoms with Gasteiger partial charge in [0.05, 0.1) is 29.4 Å². The number of nitrogens with zero attached hydrogens (tertiary/aromatic N) is 3. The highest BCUT2D eigenvalue weighted by atomic mass is 32.1. The molecule has 0 radical (unpaired) electrons. The Kier molecular flexibility index (Phi) is 5.25. The Hall–Kier alpha value is -2.21. The maximum atomic E-state index is 12.7. The Morgan fingerprint density at radius 2 is 1.74 bits per heavy atom. The Bertz CT molecular complexity index is 887. The third kappa shape index (κ3) is 3.50. The van der Waals surface area contributed by atoms with Gasteiger partial charge in [-0.3, -0.25) is 19.5 Å². The van der Waals surface area contributed by atoms with Crippen LogP contribution >= 0.6 is 11.3 Å². The van der Waals surface area contributed by atoms with Crippen LogP contribution in [0, 0.1) is 0 Å². The number of aromatic nitrogens is 1. The molecule has 0 spiro atoms. The standard InChI is InChI=1S/C21H25N3O2S/c1-2-12-23-16(14-27-21(23)22-15-8-4-3-5-9-15)13-24-19(25)17-10-6-7-11-18(17)20(24)26/h6-7,10-11,14-15H,2-5,8-9,12-13H2,1H3. The quantitative estimate of drug-likeness (QED) is 0.733. The lowest BCUT2D eigenvalue weighted by molar-refractivity contribution is 0.0638. The summed E-state index contributed by atoms with van der Waals surface area (Å²) in [7, 11) is 0. The first-order valence-corrected chi connectivity index (χ1v) is 10.7. The minimum Gasteiger partial charge on any atom is -0.319 e. The van der Waals surface area contributed by atoms with Crippen LogP contribution in [-0.2, 0) is 13.1 Å². The van der Waals surface area contributed by atoms with E-state index in [-0.39, 0.29) is 11.8 Å². The van der Waals surface area contributed by atoms with E-state index >= 15 is 0 Å². The fourth-order valence-corrected chi connectivity index (χ4v) is 4.96.